The van der Waals surface area contributed by atoms with Crippen LogP contribution in [0.15, 0.2) is 48.7 Å². The topological polar surface area (TPSA) is 48.1 Å². The molecule has 1 aliphatic heterocycles. The molecule has 3 aromatic rings. The van der Waals surface area contributed by atoms with Gasteiger partial charge in [0.15, 0.2) is 0 Å². The molecule has 2 aromatic carbocycles. The highest BCUT2D eigenvalue weighted by Crippen LogP contribution is 2.31. The number of aromatic amines is 1. The molecule has 1 amide bonds. The summed E-state index contributed by atoms with van der Waals surface area (Å²) in [5.41, 5.74) is 4.04. The number of piperidine rings is 1. The molecule has 0 saturated carbocycles. The van der Waals surface area contributed by atoms with E-state index in [-0.39, 0.29) is 11.7 Å². The minimum atomic E-state index is -0.158. The van der Waals surface area contributed by atoms with Crippen molar-refractivity contribution in [3.63, 3.8) is 0 Å². The minimum Gasteiger partial charge on any atom is -0.361 e. The van der Waals surface area contributed by atoms with Crippen molar-refractivity contribution in [3.8, 4) is 0 Å². The standard InChI is InChI=1S/C23H26FN3O/c1-2-22(28)26-19-6-3-5-17(13-19)16-9-11-27(12-10-16)15-18-14-25-21-8-4-7-20(24)23(18)21/h3-8,13-14,16,25H,2,9-12,15H2,1H3,(H,26,28). The highest BCUT2D eigenvalue weighted by Gasteiger charge is 2.22. The van der Waals surface area contributed by atoms with E-state index in [1.54, 1.807) is 6.07 Å². The first-order valence-corrected chi connectivity index (χ1v) is 10.0. The molecule has 0 atom stereocenters. The molecular formula is C23H26FN3O. The molecule has 2 heterocycles. The van der Waals surface area contributed by atoms with Crippen molar-refractivity contribution >= 4 is 22.5 Å². The van der Waals surface area contributed by atoms with E-state index in [1.165, 1.54) is 11.6 Å². The van der Waals surface area contributed by atoms with E-state index in [0.717, 1.165) is 49.2 Å². The Morgan fingerprint density at radius 2 is 2.00 bits per heavy atom. The molecule has 5 heteroatoms. The van der Waals surface area contributed by atoms with Gasteiger partial charge in [-0.2, -0.15) is 0 Å². The second-order valence-electron chi connectivity index (χ2n) is 7.55. The van der Waals surface area contributed by atoms with Crippen LogP contribution in [0, 0.1) is 5.82 Å². The minimum absolute atomic E-state index is 0.0398. The second kappa shape index (κ2) is 8.15. The van der Waals surface area contributed by atoms with Crippen molar-refractivity contribution < 1.29 is 9.18 Å². The Kier molecular flexibility index (Phi) is 5.44. The lowest BCUT2D eigenvalue weighted by Gasteiger charge is -2.32. The zero-order valence-corrected chi connectivity index (χ0v) is 16.2. The van der Waals surface area contributed by atoms with Gasteiger partial charge in [0.2, 0.25) is 5.91 Å². The molecule has 0 bridgehead atoms. The number of amides is 1. The van der Waals surface area contributed by atoms with E-state index in [4.69, 9.17) is 0 Å². The Hall–Kier alpha value is -2.66. The predicted octanol–water partition coefficient (Wildman–Crippen LogP) is 5.04. The van der Waals surface area contributed by atoms with E-state index < -0.39 is 0 Å². The van der Waals surface area contributed by atoms with Gasteiger partial charge < -0.3 is 10.3 Å². The van der Waals surface area contributed by atoms with Crippen LogP contribution in [0.2, 0.25) is 0 Å². The Morgan fingerprint density at radius 1 is 1.21 bits per heavy atom. The van der Waals surface area contributed by atoms with Crippen LogP contribution in [0.5, 0.6) is 0 Å². The van der Waals surface area contributed by atoms with Gasteiger partial charge in [0.1, 0.15) is 5.82 Å². The lowest BCUT2D eigenvalue weighted by Crippen LogP contribution is -2.32. The summed E-state index contributed by atoms with van der Waals surface area (Å²) >= 11 is 0. The van der Waals surface area contributed by atoms with Crippen LogP contribution in [0.1, 0.15) is 43.2 Å². The smallest absolute Gasteiger partial charge is 0.224 e. The number of hydrogen-bond donors (Lipinski definition) is 2. The molecule has 0 unspecified atom stereocenters. The van der Waals surface area contributed by atoms with Crippen LogP contribution < -0.4 is 5.32 Å². The largest absolute Gasteiger partial charge is 0.361 e. The van der Waals surface area contributed by atoms with Crippen molar-refractivity contribution in [2.45, 2.75) is 38.6 Å². The summed E-state index contributed by atoms with van der Waals surface area (Å²) in [6.45, 7) is 4.59. The number of anilines is 1. The summed E-state index contributed by atoms with van der Waals surface area (Å²) in [6, 6.07) is 13.4. The molecule has 146 valence electrons. The highest BCUT2D eigenvalue weighted by atomic mass is 19.1. The maximum atomic E-state index is 14.2. The summed E-state index contributed by atoms with van der Waals surface area (Å²) in [4.78, 5) is 17.2. The number of hydrogen-bond acceptors (Lipinski definition) is 2. The fourth-order valence-electron chi connectivity index (χ4n) is 4.12. The number of halogens is 1. The van der Waals surface area contributed by atoms with E-state index in [9.17, 15) is 9.18 Å². The molecule has 4 rings (SSSR count). The first kappa shape index (κ1) is 18.7. The van der Waals surface area contributed by atoms with Gasteiger partial charge in [0, 0.05) is 35.8 Å². The first-order chi connectivity index (χ1) is 13.6. The number of carbonyl (C=O) groups excluding carboxylic acids is 1. The fourth-order valence-corrected chi connectivity index (χ4v) is 4.12. The normalized spacial score (nSPS) is 15.8. The summed E-state index contributed by atoms with van der Waals surface area (Å²) in [6.07, 6.45) is 4.54. The third-order valence-electron chi connectivity index (χ3n) is 5.68. The van der Waals surface area contributed by atoms with E-state index >= 15 is 0 Å². The Bertz CT molecular complexity index is 973. The number of nitrogens with zero attached hydrogens (tertiary/aromatic N) is 1. The SMILES string of the molecule is CCC(=O)Nc1cccc(C2CCN(Cc3c[nH]c4cccc(F)c34)CC2)c1. The van der Waals surface area contributed by atoms with Gasteiger partial charge in [-0.1, -0.05) is 25.1 Å². The predicted molar refractivity (Wildman–Crippen MR) is 111 cm³/mol. The summed E-state index contributed by atoms with van der Waals surface area (Å²) in [5.74, 6) is 0.377. The summed E-state index contributed by atoms with van der Waals surface area (Å²) < 4.78 is 14.2. The van der Waals surface area contributed by atoms with Crippen LogP contribution in [-0.2, 0) is 11.3 Å². The number of aromatic nitrogens is 1. The molecule has 1 fully saturated rings. The molecule has 28 heavy (non-hydrogen) atoms. The molecule has 1 aliphatic rings. The molecule has 4 nitrogen and oxygen atoms in total. The maximum absolute atomic E-state index is 14.2. The van der Waals surface area contributed by atoms with E-state index in [0.29, 0.717) is 17.7 Å². The Morgan fingerprint density at radius 3 is 2.79 bits per heavy atom. The lowest BCUT2D eigenvalue weighted by atomic mass is 9.89. The van der Waals surface area contributed by atoms with Crippen LogP contribution >= 0.6 is 0 Å². The first-order valence-electron chi connectivity index (χ1n) is 10.0. The van der Waals surface area contributed by atoms with Crippen molar-refractivity contribution in [3.05, 3.63) is 65.6 Å². The number of carbonyl (C=O) groups is 1. The summed E-state index contributed by atoms with van der Waals surface area (Å²) in [5, 5.41) is 3.66. The molecule has 0 aliphatic carbocycles. The van der Waals surface area contributed by atoms with Crippen molar-refractivity contribution in [2.75, 3.05) is 18.4 Å². The van der Waals surface area contributed by atoms with Gasteiger partial charge >= 0.3 is 0 Å². The molecule has 1 aromatic heterocycles. The van der Waals surface area contributed by atoms with Crippen molar-refractivity contribution in [2.24, 2.45) is 0 Å². The number of rotatable bonds is 5. The maximum Gasteiger partial charge on any atom is 0.224 e. The zero-order chi connectivity index (χ0) is 19.5. The molecule has 0 spiro atoms. The fraction of sp³-hybridized carbons (Fsp3) is 0.348. The average molecular weight is 379 g/mol. The monoisotopic (exact) mass is 379 g/mol. The number of fused-ring (bicyclic) bond motifs is 1. The number of benzene rings is 2. The van der Waals surface area contributed by atoms with Gasteiger partial charge in [-0.3, -0.25) is 9.69 Å². The zero-order valence-electron chi connectivity index (χ0n) is 16.2. The number of H-pyrrole nitrogens is 1. The van der Waals surface area contributed by atoms with Gasteiger partial charge in [-0.15, -0.1) is 0 Å². The summed E-state index contributed by atoms with van der Waals surface area (Å²) in [7, 11) is 0. The quantitative estimate of drug-likeness (QED) is 0.653. The van der Waals surface area contributed by atoms with Crippen LogP contribution in [0.3, 0.4) is 0 Å². The molecule has 2 N–H and O–H groups in total. The van der Waals surface area contributed by atoms with Crippen molar-refractivity contribution in [1.29, 1.82) is 0 Å². The molecule has 0 radical (unpaired) electrons. The van der Waals surface area contributed by atoms with Crippen LogP contribution in [0.25, 0.3) is 10.9 Å². The molecule has 1 saturated heterocycles. The van der Waals surface area contributed by atoms with Crippen molar-refractivity contribution in [1.82, 2.24) is 9.88 Å². The third-order valence-corrected chi connectivity index (χ3v) is 5.68. The van der Waals surface area contributed by atoms with E-state index in [2.05, 4.69) is 27.3 Å². The van der Waals surface area contributed by atoms with E-state index in [1.807, 2.05) is 31.3 Å². The van der Waals surface area contributed by atoms with Gasteiger partial charge in [-0.05, 0) is 67.2 Å². The van der Waals surface area contributed by atoms with Gasteiger partial charge in [0.05, 0.1) is 0 Å². The number of likely N-dealkylation sites (tertiary alicyclic amines) is 1. The highest BCUT2D eigenvalue weighted by molar-refractivity contribution is 5.90. The Balaban J connectivity index is 1.39. The van der Waals surface area contributed by atoms with Gasteiger partial charge in [-0.25, -0.2) is 4.39 Å². The molecular weight excluding hydrogens is 353 g/mol. The second-order valence-corrected chi connectivity index (χ2v) is 7.55. The third kappa shape index (κ3) is 3.94. The Labute approximate surface area is 164 Å². The van der Waals surface area contributed by atoms with Crippen LogP contribution in [-0.4, -0.2) is 28.9 Å². The number of nitrogens with one attached hydrogen (secondary N) is 2. The lowest BCUT2D eigenvalue weighted by molar-refractivity contribution is -0.115. The average Bonchev–Trinajstić information content (AvgIpc) is 3.13. The van der Waals surface area contributed by atoms with Crippen LogP contribution in [0.4, 0.5) is 10.1 Å². The van der Waals surface area contributed by atoms with Gasteiger partial charge in [0.25, 0.3) is 0 Å².